The second kappa shape index (κ2) is 6.24. The monoisotopic (exact) mass is 357 g/mol. The summed E-state index contributed by atoms with van der Waals surface area (Å²) in [5.41, 5.74) is 1.04. The molecule has 25 heavy (non-hydrogen) atoms. The molecular formula is C18H19N3O3S. The van der Waals surface area contributed by atoms with Crippen molar-refractivity contribution >= 4 is 39.1 Å². The lowest BCUT2D eigenvalue weighted by atomic mass is 10.1. The smallest absolute Gasteiger partial charge is 0.264 e. The van der Waals surface area contributed by atoms with Crippen molar-refractivity contribution in [1.82, 2.24) is 15.1 Å². The molecule has 2 fully saturated rings. The molecule has 2 aromatic rings. The highest BCUT2D eigenvalue weighted by atomic mass is 32.1. The van der Waals surface area contributed by atoms with Crippen LogP contribution in [-0.4, -0.2) is 59.7 Å². The van der Waals surface area contributed by atoms with Gasteiger partial charge in [0.15, 0.2) is 0 Å². The maximum atomic E-state index is 12.9. The Bertz CT molecular complexity index is 868. The molecule has 1 unspecified atom stereocenters. The Morgan fingerprint density at radius 2 is 1.88 bits per heavy atom. The third kappa shape index (κ3) is 2.83. The number of amides is 3. The molecule has 0 bridgehead atoms. The lowest BCUT2D eigenvalue weighted by Gasteiger charge is -2.36. The molecule has 130 valence electrons. The molecule has 4 rings (SSSR count). The fourth-order valence-electron chi connectivity index (χ4n) is 3.59. The number of carbonyl (C=O) groups is 3. The molecule has 3 amide bonds. The van der Waals surface area contributed by atoms with Gasteiger partial charge in [-0.05, 0) is 23.9 Å². The van der Waals surface area contributed by atoms with Gasteiger partial charge in [0.05, 0.1) is 17.3 Å². The van der Waals surface area contributed by atoms with Crippen LogP contribution >= 0.6 is 11.3 Å². The van der Waals surface area contributed by atoms with E-state index < -0.39 is 0 Å². The summed E-state index contributed by atoms with van der Waals surface area (Å²) in [4.78, 5) is 40.7. The van der Waals surface area contributed by atoms with Gasteiger partial charge in [-0.15, -0.1) is 11.3 Å². The molecule has 1 aromatic carbocycles. The van der Waals surface area contributed by atoms with Gasteiger partial charge in [-0.1, -0.05) is 18.2 Å². The number of thiophene rings is 1. The van der Waals surface area contributed by atoms with Crippen LogP contribution in [0, 0.1) is 6.92 Å². The van der Waals surface area contributed by atoms with Crippen molar-refractivity contribution < 1.29 is 14.4 Å². The van der Waals surface area contributed by atoms with E-state index in [0.717, 1.165) is 20.5 Å². The SMILES string of the molecule is Cc1c(C(=O)N2CCN(C3CC(=O)NC3=O)CC2)sc2ccccc12. The van der Waals surface area contributed by atoms with Gasteiger partial charge in [0.2, 0.25) is 11.8 Å². The molecule has 6 nitrogen and oxygen atoms in total. The molecule has 1 atom stereocenters. The summed E-state index contributed by atoms with van der Waals surface area (Å²) < 4.78 is 1.13. The molecule has 0 spiro atoms. The van der Waals surface area contributed by atoms with E-state index in [2.05, 4.69) is 5.32 Å². The zero-order valence-corrected chi connectivity index (χ0v) is 14.8. The zero-order chi connectivity index (χ0) is 17.6. The van der Waals surface area contributed by atoms with Crippen LogP contribution in [0.3, 0.4) is 0 Å². The summed E-state index contributed by atoms with van der Waals surface area (Å²) in [6.45, 7) is 4.37. The quantitative estimate of drug-likeness (QED) is 0.825. The van der Waals surface area contributed by atoms with Crippen molar-refractivity contribution in [3.63, 3.8) is 0 Å². The van der Waals surface area contributed by atoms with E-state index in [9.17, 15) is 14.4 Å². The van der Waals surface area contributed by atoms with Gasteiger partial charge in [-0.25, -0.2) is 0 Å². The summed E-state index contributed by atoms with van der Waals surface area (Å²) in [6.07, 6.45) is 0.224. The summed E-state index contributed by atoms with van der Waals surface area (Å²) in [5.74, 6) is -0.371. The molecule has 2 saturated heterocycles. The van der Waals surface area contributed by atoms with Gasteiger partial charge in [0.25, 0.3) is 5.91 Å². The number of rotatable bonds is 2. The Balaban J connectivity index is 1.47. The molecule has 3 heterocycles. The van der Waals surface area contributed by atoms with Crippen LogP contribution in [0.15, 0.2) is 24.3 Å². The van der Waals surface area contributed by atoms with Crippen LogP contribution in [0.25, 0.3) is 10.1 Å². The number of nitrogens with zero attached hydrogens (tertiary/aromatic N) is 2. The third-order valence-corrected chi connectivity index (χ3v) is 6.29. The fourth-order valence-corrected chi connectivity index (χ4v) is 4.77. The van der Waals surface area contributed by atoms with E-state index in [-0.39, 0.29) is 30.2 Å². The van der Waals surface area contributed by atoms with Gasteiger partial charge in [0, 0.05) is 30.9 Å². The van der Waals surface area contributed by atoms with Crippen LogP contribution in [-0.2, 0) is 9.59 Å². The summed E-state index contributed by atoms with van der Waals surface area (Å²) in [6, 6.07) is 7.68. The van der Waals surface area contributed by atoms with E-state index >= 15 is 0 Å². The number of hydrogen-bond donors (Lipinski definition) is 1. The molecule has 0 aliphatic carbocycles. The largest absolute Gasteiger partial charge is 0.335 e. The zero-order valence-electron chi connectivity index (χ0n) is 13.9. The average molecular weight is 357 g/mol. The highest BCUT2D eigenvalue weighted by Crippen LogP contribution is 2.31. The summed E-state index contributed by atoms with van der Waals surface area (Å²) >= 11 is 1.54. The van der Waals surface area contributed by atoms with Crippen molar-refractivity contribution in [2.45, 2.75) is 19.4 Å². The van der Waals surface area contributed by atoms with Gasteiger partial charge in [-0.3, -0.25) is 24.6 Å². The number of piperazine rings is 1. The number of aryl methyl sites for hydroxylation is 1. The number of fused-ring (bicyclic) bond motifs is 1. The van der Waals surface area contributed by atoms with Crippen LogP contribution in [0.2, 0.25) is 0 Å². The third-order valence-electron chi connectivity index (χ3n) is 5.02. The Hall–Kier alpha value is -2.25. The number of imide groups is 1. The number of carbonyl (C=O) groups excluding carboxylic acids is 3. The van der Waals surface area contributed by atoms with E-state index in [0.29, 0.717) is 26.2 Å². The Labute approximate surface area is 149 Å². The number of nitrogens with one attached hydrogen (secondary N) is 1. The Morgan fingerprint density at radius 3 is 2.52 bits per heavy atom. The van der Waals surface area contributed by atoms with Crippen molar-refractivity contribution in [1.29, 1.82) is 0 Å². The maximum absolute atomic E-state index is 12.9. The minimum atomic E-state index is -0.379. The molecule has 1 N–H and O–H groups in total. The first kappa shape index (κ1) is 16.2. The van der Waals surface area contributed by atoms with E-state index in [4.69, 9.17) is 0 Å². The van der Waals surface area contributed by atoms with E-state index in [1.165, 1.54) is 11.3 Å². The Morgan fingerprint density at radius 1 is 1.16 bits per heavy atom. The Kier molecular flexibility index (Phi) is 4.05. The van der Waals surface area contributed by atoms with Gasteiger partial charge in [-0.2, -0.15) is 0 Å². The average Bonchev–Trinajstić information content (AvgIpc) is 3.14. The van der Waals surface area contributed by atoms with Crippen molar-refractivity contribution in [3.8, 4) is 0 Å². The molecule has 1 aromatic heterocycles. The molecular weight excluding hydrogens is 338 g/mol. The lowest BCUT2D eigenvalue weighted by molar-refractivity contribution is -0.126. The van der Waals surface area contributed by atoms with Gasteiger partial charge < -0.3 is 4.90 Å². The first-order valence-electron chi connectivity index (χ1n) is 8.40. The van der Waals surface area contributed by atoms with E-state index in [1.807, 2.05) is 41.0 Å². The fraction of sp³-hybridized carbons (Fsp3) is 0.389. The highest BCUT2D eigenvalue weighted by molar-refractivity contribution is 7.21. The second-order valence-corrected chi connectivity index (χ2v) is 7.57. The van der Waals surface area contributed by atoms with Crippen molar-refractivity contribution in [2.75, 3.05) is 26.2 Å². The minimum Gasteiger partial charge on any atom is -0.335 e. The highest BCUT2D eigenvalue weighted by Gasteiger charge is 2.37. The molecule has 0 saturated carbocycles. The van der Waals surface area contributed by atoms with Gasteiger partial charge >= 0.3 is 0 Å². The molecule has 0 radical (unpaired) electrons. The van der Waals surface area contributed by atoms with Crippen LogP contribution in [0.1, 0.15) is 21.7 Å². The first-order chi connectivity index (χ1) is 12.0. The normalized spacial score (nSPS) is 21.8. The number of hydrogen-bond acceptors (Lipinski definition) is 5. The lowest BCUT2D eigenvalue weighted by Crippen LogP contribution is -2.53. The van der Waals surface area contributed by atoms with Crippen LogP contribution in [0.5, 0.6) is 0 Å². The van der Waals surface area contributed by atoms with Crippen molar-refractivity contribution in [3.05, 3.63) is 34.7 Å². The predicted octanol–water partition coefficient (Wildman–Crippen LogP) is 1.38. The summed E-state index contributed by atoms with van der Waals surface area (Å²) in [5, 5.41) is 3.48. The number of benzene rings is 1. The van der Waals surface area contributed by atoms with Crippen LogP contribution < -0.4 is 5.32 Å². The van der Waals surface area contributed by atoms with Gasteiger partial charge in [0.1, 0.15) is 0 Å². The van der Waals surface area contributed by atoms with Crippen LogP contribution in [0.4, 0.5) is 0 Å². The maximum Gasteiger partial charge on any atom is 0.264 e. The molecule has 2 aliphatic rings. The predicted molar refractivity (Wildman–Crippen MR) is 95.6 cm³/mol. The standard InChI is InChI=1S/C18H19N3O3S/c1-11-12-4-2-3-5-14(12)25-16(11)18(24)21-8-6-20(7-9-21)13-10-15(22)19-17(13)23/h2-5,13H,6-10H2,1H3,(H,19,22,23). The first-order valence-corrected chi connectivity index (χ1v) is 9.21. The minimum absolute atomic E-state index is 0.0605. The summed E-state index contributed by atoms with van der Waals surface area (Å²) in [7, 11) is 0. The molecule has 2 aliphatic heterocycles. The second-order valence-electron chi connectivity index (χ2n) is 6.51. The van der Waals surface area contributed by atoms with E-state index in [1.54, 1.807) is 0 Å². The topological polar surface area (TPSA) is 69.7 Å². The molecule has 7 heteroatoms. The van der Waals surface area contributed by atoms with Crippen molar-refractivity contribution in [2.24, 2.45) is 0 Å².